The highest BCUT2D eigenvalue weighted by molar-refractivity contribution is 14.1. The molecule has 0 saturated heterocycles. The Balaban J connectivity index is 2.12. The van der Waals surface area contributed by atoms with Gasteiger partial charge in [-0.1, -0.05) is 40.2 Å². The number of hydrogen-bond acceptors (Lipinski definition) is 1. The Kier molecular flexibility index (Phi) is 5.51. The van der Waals surface area contributed by atoms with Gasteiger partial charge in [-0.15, -0.1) is 0 Å². The molecule has 0 unspecified atom stereocenters. The first-order valence-electron chi connectivity index (χ1n) is 5.41. The van der Waals surface area contributed by atoms with E-state index in [2.05, 4.69) is 84.8 Å². The van der Waals surface area contributed by atoms with Gasteiger partial charge in [0.25, 0.3) is 0 Å². The lowest BCUT2D eigenvalue weighted by atomic mass is 10.2. The van der Waals surface area contributed by atoms with Crippen molar-refractivity contribution in [3.05, 3.63) is 61.6 Å². The van der Waals surface area contributed by atoms with Crippen molar-refractivity contribution in [2.24, 2.45) is 0 Å². The summed E-state index contributed by atoms with van der Waals surface area (Å²) in [7, 11) is 0. The highest BCUT2D eigenvalue weighted by Gasteiger charge is 2.07. The summed E-state index contributed by atoms with van der Waals surface area (Å²) in [5.41, 5.74) is 2.32. The van der Waals surface area contributed by atoms with Gasteiger partial charge in [0.2, 0.25) is 0 Å². The SMILES string of the molecule is BrCc1cccc(Br)c1OCc1ccc(I)cc1. The molecule has 0 aliphatic heterocycles. The minimum atomic E-state index is 0.583. The standard InChI is InChI=1S/C14H11Br2IO/c15-8-11-2-1-3-13(16)14(11)18-9-10-4-6-12(17)7-5-10/h1-7H,8-9H2. The number of hydrogen-bond donors (Lipinski definition) is 0. The van der Waals surface area contributed by atoms with Gasteiger partial charge in [0.1, 0.15) is 12.4 Å². The van der Waals surface area contributed by atoms with E-state index in [4.69, 9.17) is 4.74 Å². The van der Waals surface area contributed by atoms with Crippen LogP contribution in [0.25, 0.3) is 0 Å². The topological polar surface area (TPSA) is 9.23 Å². The van der Waals surface area contributed by atoms with E-state index in [1.165, 1.54) is 9.13 Å². The van der Waals surface area contributed by atoms with Crippen LogP contribution < -0.4 is 4.74 Å². The van der Waals surface area contributed by atoms with E-state index in [0.29, 0.717) is 6.61 Å². The molecule has 2 aromatic rings. The lowest BCUT2D eigenvalue weighted by molar-refractivity contribution is 0.302. The van der Waals surface area contributed by atoms with Gasteiger partial charge in [-0.05, 0) is 62.3 Å². The fraction of sp³-hybridized carbons (Fsp3) is 0.143. The molecular formula is C14H11Br2IO. The van der Waals surface area contributed by atoms with Crippen LogP contribution in [-0.4, -0.2) is 0 Å². The summed E-state index contributed by atoms with van der Waals surface area (Å²) in [5.74, 6) is 0.910. The van der Waals surface area contributed by atoms with Gasteiger partial charge in [-0.2, -0.15) is 0 Å². The molecule has 0 atom stereocenters. The summed E-state index contributed by atoms with van der Waals surface area (Å²) in [6.45, 7) is 0.583. The van der Waals surface area contributed by atoms with Crippen molar-refractivity contribution in [2.75, 3.05) is 0 Å². The fourth-order valence-electron chi connectivity index (χ4n) is 1.56. The van der Waals surface area contributed by atoms with Crippen molar-refractivity contribution in [1.82, 2.24) is 0 Å². The Hall–Kier alpha value is -0.0700. The number of alkyl halides is 1. The van der Waals surface area contributed by atoms with E-state index >= 15 is 0 Å². The second-order valence-corrected chi connectivity index (χ2v) is 6.44. The van der Waals surface area contributed by atoms with Crippen LogP contribution in [0.4, 0.5) is 0 Å². The molecule has 18 heavy (non-hydrogen) atoms. The first-order chi connectivity index (χ1) is 8.70. The molecule has 4 heteroatoms. The first kappa shape index (κ1) is 14.3. The highest BCUT2D eigenvalue weighted by atomic mass is 127. The number of benzene rings is 2. The molecule has 0 aliphatic carbocycles. The predicted molar refractivity (Wildman–Crippen MR) is 90.3 cm³/mol. The van der Waals surface area contributed by atoms with Crippen molar-refractivity contribution in [2.45, 2.75) is 11.9 Å². The molecule has 0 spiro atoms. The second-order valence-electron chi connectivity index (χ2n) is 3.78. The van der Waals surface area contributed by atoms with Crippen LogP contribution in [0.5, 0.6) is 5.75 Å². The summed E-state index contributed by atoms with van der Waals surface area (Å²) < 4.78 is 8.13. The van der Waals surface area contributed by atoms with Crippen LogP contribution in [0.3, 0.4) is 0 Å². The summed E-state index contributed by atoms with van der Waals surface area (Å²) in [6.07, 6.45) is 0. The first-order valence-corrected chi connectivity index (χ1v) is 8.40. The molecule has 94 valence electrons. The number of rotatable bonds is 4. The smallest absolute Gasteiger partial charge is 0.138 e. The molecule has 2 aromatic carbocycles. The molecule has 0 heterocycles. The lowest BCUT2D eigenvalue weighted by Gasteiger charge is -2.12. The molecule has 0 N–H and O–H groups in total. The molecular weight excluding hydrogens is 471 g/mol. The van der Waals surface area contributed by atoms with E-state index in [0.717, 1.165) is 21.1 Å². The number of halogens is 3. The van der Waals surface area contributed by atoms with Gasteiger partial charge in [-0.25, -0.2) is 0 Å². The maximum atomic E-state index is 5.91. The third-order valence-electron chi connectivity index (χ3n) is 2.49. The van der Waals surface area contributed by atoms with Crippen molar-refractivity contribution >= 4 is 54.5 Å². The fourth-order valence-corrected chi connectivity index (χ4v) is 2.88. The highest BCUT2D eigenvalue weighted by Crippen LogP contribution is 2.31. The molecule has 0 aromatic heterocycles. The summed E-state index contributed by atoms with van der Waals surface area (Å²) in [6, 6.07) is 14.4. The van der Waals surface area contributed by atoms with Crippen LogP contribution in [0, 0.1) is 3.57 Å². The molecule has 2 rings (SSSR count). The Morgan fingerprint density at radius 3 is 2.44 bits per heavy atom. The lowest BCUT2D eigenvalue weighted by Crippen LogP contribution is -1.98. The number of para-hydroxylation sites is 1. The van der Waals surface area contributed by atoms with Crippen LogP contribution in [0.2, 0.25) is 0 Å². The van der Waals surface area contributed by atoms with Crippen LogP contribution in [-0.2, 0) is 11.9 Å². The summed E-state index contributed by atoms with van der Waals surface area (Å²) in [4.78, 5) is 0. The number of ether oxygens (including phenoxy) is 1. The Bertz CT molecular complexity index is 526. The van der Waals surface area contributed by atoms with E-state index in [1.807, 2.05) is 12.1 Å². The normalized spacial score (nSPS) is 10.4. The van der Waals surface area contributed by atoms with Crippen LogP contribution in [0.15, 0.2) is 46.9 Å². The largest absolute Gasteiger partial charge is 0.487 e. The van der Waals surface area contributed by atoms with Gasteiger partial charge < -0.3 is 4.74 Å². The van der Waals surface area contributed by atoms with Gasteiger partial charge >= 0.3 is 0 Å². The van der Waals surface area contributed by atoms with Crippen molar-refractivity contribution in [3.63, 3.8) is 0 Å². The minimum Gasteiger partial charge on any atom is -0.487 e. The van der Waals surface area contributed by atoms with E-state index in [-0.39, 0.29) is 0 Å². The third kappa shape index (κ3) is 3.71. The maximum Gasteiger partial charge on any atom is 0.138 e. The van der Waals surface area contributed by atoms with Gasteiger partial charge in [-0.3, -0.25) is 0 Å². The van der Waals surface area contributed by atoms with Crippen molar-refractivity contribution < 1.29 is 4.74 Å². The van der Waals surface area contributed by atoms with Crippen molar-refractivity contribution in [1.29, 1.82) is 0 Å². The van der Waals surface area contributed by atoms with Crippen LogP contribution in [0.1, 0.15) is 11.1 Å². The third-order valence-corrected chi connectivity index (χ3v) is 4.44. The zero-order valence-electron chi connectivity index (χ0n) is 9.50. The Labute approximate surface area is 137 Å². The quantitative estimate of drug-likeness (QED) is 0.412. The molecule has 0 radical (unpaired) electrons. The average molecular weight is 482 g/mol. The Morgan fingerprint density at radius 2 is 1.78 bits per heavy atom. The molecule has 0 amide bonds. The Morgan fingerprint density at radius 1 is 1.06 bits per heavy atom. The van der Waals surface area contributed by atoms with E-state index < -0.39 is 0 Å². The molecule has 0 aliphatic rings. The monoisotopic (exact) mass is 480 g/mol. The molecule has 0 fully saturated rings. The minimum absolute atomic E-state index is 0.583. The van der Waals surface area contributed by atoms with Gasteiger partial charge in [0, 0.05) is 14.5 Å². The summed E-state index contributed by atoms with van der Waals surface area (Å²) >= 11 is 9.30. The van der Waals surface area contributed by atoms with E-state index in [1.54, 1.807) is 0 Å². The maximum absolute atomic E-state index is 5.91. The van der Waals surface area contributed by atoms with Crippen molar-refractivity contribution in [3.8, 4) is 5.75 Å². The molecule has 0 bridgehead atoms. The summed E-state index contributed by atoms with van der Waals surface area (Å²) in [5, 5.41) is 0.786. The van der Waals surface area contributed by atoms with Crippen LogP contribution >= 0.6 is 54.5 Å². The molecule has 1 nitrogen and oxygen atoms in total. The van der Waals surface area contributed by atoms with Gasteiger partial charge in [0.05, 0.1) is 4.47 Å². The van der Waals surface area contributed by atoms with Gasteiger partial charge in [0.15, 0.2) is 0 Å². The predicted octanol–water partition coefficient (Wildman–Crippen LogP) is 5.53. The second kappa shape index (κ2) is 6.91. The molecule has 0 saturated carbocycles. The average Bonchev–Trinajstić information content (AvgIpc) is 2.39. The zero-order valence-corrected chi connectivity index (χ0v) is 14.8. The van der Waals surface area contributed by atoms with E-state index in [9.17, 15) is 0 Å². The zero-order chi connectivity index (χ0) is 13.0.